The van der Waals surface area contributed by atoms with Gasteiger partial charge in [0.25, 0.3) is 0 Å². The lowest BCUT2D eigenvalue weighted by atomic mass is 9.56. The zero-order valence-electron chi connectivity index (χ0n) is 11.7. The number of ketones is 1. The minimum atomic E-state index is 0.111. The Morgan fingerprint density at radius 2 is 2.05 bits per heavy atom. The second-order valence-electron chi connectivity index (χ2n) is 6.45. The summed E-state index contributed by atoms with van der Waals surface area (Å²) in [5, 5.41) is 3.67. The van der Waals surface area contributed by atoms with Crippen LogP contribution >= 0.6 is 0 Å². The Balaban J connectivity index is 1.72. The Kier molecular flexibility index (Phi) is 2.44. The number of hydrogen-bond acceptors (Lipinski definition) is 2. The quantitative estimate of drug-likeness (QED) is 0.844. The van der Waals surface area contributed by atoms with Crippen LogP contribution in [0.5, 0.6) is 0 Å². The van der Waals surface area contributed by atoms with Crippen LogP contribution in [0.15, 0.2) is 48.1 Å². The summed E-state index contributed by atoms with van der Waals surface area (Å²) in [6, 6.07) is 11.0. The summed E-state index contributed by atoms with van der Waals surface area (Å²) in [7, 11) is 0. The van der Waals surface area contributed by atoms with E-state index >= 15 is 0 Å². The Morgan fingerprint density at radius 3 is 2.85 bits per heavy atom. The molecule has 1 aliphatic heterocycles. The molecular weight excluding hydrogens is 246 g/mol. The van der Waals surface area contributed by atoms with E-state index in [-0.39, 0.29) is 5.41 Å². The summed E-state index contributed by atoms with van der Waals surface area (Å²) in [6.07, 6.45) is 6.93. The third kappa shape index (κ3) is 1.54. The molecule has 20 heavy (non-hydrogen) atoms. The molecule has 0 aromatic heterocycles. The van der Waals surface area contributed by atoms with Crippen LogP contribution in [0.1, 0.15) is 31.7 Å². The van der Waals surface area contributed by atoms with Crippen LogP contribution in [0, 0.1) is 11.3 Å². The van der Waals surface area contributed by atoms with Crippen molar-refractivity contribution >= 4 is 11.5 Å². The van der Waals surface area contributed by atoms with Crippen molar-refractivity contribution in [2.75, 3.05) is 0 Å². The number of carbonyl (C=O) groups is 1. The summed E-state index contributed by atoms with van der Waals surface area (Å²) in [5.74, 6) is 0.793. The third-order valence-corrected chi connectivity index (χ3v) is 5.36. The summed E-state index contributed by atoms with van der Waals surface area (Å²) in [6.45, 7) is 2.30. The van der Waals surface area contributed by atoms with Gasteiger partial charge in [0.15, 0.2) is 5.78 Å². The molecule has 1 unspecified atom stereocenters. The molecule has 0 bridgehead atoms. The maximum Gasteiger partial charge on any atom is 0.155 e. The molecule has 102 valence electrons. The van der Waals surface area contributed by atoms with Crippen LogP contribution in [-0.2, 0) is 4.79 Å². The lowest BCUT2D eigenvalue weighted by Crippen LogP contribution is -2.57. The highest BCUT2D eigenvalue weighted by Crippen LogP contribution is 2.53. The van der Waals surface area contributed by atoms with Gasteiger partial charge in [0.1, 0.15) is 0 Å². The third-order valence-electron chi connectivity index (χ3n) is 5.36. The lowest BCUT2D eigenvalue weighted by molar-refractivity contribution is -0.117. The van der Waals surface area contributed by atoms with Gasteiger partial charge in [-0.3, -0.25) is 4.79 Å². The van der Waals surface area contributed by atoms with Gasteiger partial charge in [-0.25, -0.2) is 0 Å². The average Bonchev–Trinajstić information content (AvgIpc) is 2.42. The van der Waals surface area contributed by atoms with E-state index in [9.17, 15) is 4.79 Å². The van der Waals surface area contributed by atoms with Crippen molar-refractivity contribution in [2.45, 2.75) is 32.2 Å². The van der Waals surface area contributed by atoms with Crippen LogP contribution in [-0.4, -0.2) is 11.8 Å². The van der Waals surface area contributed by atoms with Gasteiger partial charge in [-0.1, -0.05) is 43.3 Å². The molecule has 1 aromatic carbocycles. The fraction of sp³-hybridized carbons (Fsp3) is 0.389. The van der Waals surface area contributed by atoms with Crippen LogP contribution in [0.25, 0.3) is 5.70 Å². The highest BCUT2D eigenvalue weighted by molar-refractivity contribution is 5.91. The minimum Gasteiger partial charge on any atom is -0.377 e. The Labute approximate surface area is 119 Å². The topological polar surface area (TPSA) is 29.1 Å². The molecular formula is C18H19NO. The number of carbonyl (C=O) groups excluding carboxylic acids is 1. The van der Waals surface area contributed by atoms with Gasteiger partial charge in [0.2, 0.25) is 0 Å². The average molecular weight is 265 g/mol. The monoisotopic (exact) mass is 265 g/mol. The molecule has 1 N–H and O–H groups in total. The SMILES string of the molecule is C[C@]12C=CC(=O)C[C@@H]1CCC1=C(c3ccccc3)NC12. The highest BCUT2D eigenvalue weighted by atomic mass is 16.1. The van der Waals surface area contributed by atoms with Gasteiger partial charge in [-0.2, -0.15) is 0 Å². The molecule has 1 aromatic rings. The minimum absolute atomic E-state index is 0.111. The predicted octanol–water partition coefficient (Wildman–Crippen LogP) is 3.31. The van der Waals surface area contributed by atoms with Crippen molar-refractivity contribution < 1.29 is 4.79 Å². The van der Waals surface area contributed by atoms with Gasteiger partial charge in [0, 0.05) is 17.5 Å². The van der Waals surface area contributed by atoms with E-state index in [0.29, 0.717) is 17.7 Å². The van der Waals surface area contributed by atoms with E-state index in [0.717, 1.165) is 19.3 Å². The molecule has 0 saturated heterocycles. The number of benzene rings is 1. The van der Waals surface area contributed by atoms with Crippen molar-refractivity contribution in [1.29, 1.82) is 0 Å². The molecule has 2 nitrogen and oxygen atoms in total. The van der Waals surface area contributed by atoms with Crippen molar-refractivity contribution in [3.63, 3.8) is 0 Å². The fourth-order valence-corrected chi connectivity index (χ4v) is 4.08. The first kappa shape index (κ1) is 12.0. The molecule has 4 rings (SSSR count). The van der Waals surface area contributed by atoms with Crippen molar-refractivity contribution in [3.8, 4) is 0 Å². The van der Waals surface area contributed by atoms with E-state index in [1.165, 1.54) is 11.3 Å². The summed E-state index contributed by atoms with van der Waals surface area (Å²) in [4.78, 5) is 11.6. The van der Waals surface area contributed by atoms with Crippen molar-refractivity contribution in [1.82, 2.24) is 5.32 Å². The van der Waals surface area contributed by atoms with Gasteiger partial charge in [-0.05, 0) is 36.0 Å². The van der Waals surface area contributed by atoms with E-state index in [4.69, 9.17) is 0 Å². The number of hydrogen-bond donors (Lipinski definition) is 1. The predicted molar refractivity (Wildman–Crippen MR) is 79.9 cm³/mol. The standard InChI is InChI=1S/C18H19NO/c1-18-10-9-14(20)11-13(18)7-8-15-16(19-17(15)18)12-5-3-2-4-6-12/h2-6,9-10,13,17,19H,7-8,11H2,1H3/t13-,17?,18-/m0/s1. The van der Waals surface area contributed by atoms with Crippen LogP contribution in [0.2, 0.25) is 0 Å². The summed E-state index contributed by atoms with van der Waals surface area (Å²) >= 11 is 0. The molecule has 1 saturated carbocycles. The summed E-state index contributed by atoms with van der Waals surface area (Å²) in [5.41, 5.74) is 4.27. The van der Waals surface area contributed by atoms with Crippen molar-refractivity contribution in [2.24, 2.45) is 11.3 Å². The molecule has 0 radical (unpaired) electrons. The number of fused-ring (bicyclic) bond motifs is 3. The Hall–Kier alpha value is -1.83. The zero-order chi connectivity index (χ0) is 13.7. The maximum atomic E-state index is 11.6. The van der Waals surface area contributed by atoms with Crippen LogP contribution < -0.4 is 5.32 Å². The Bertz CT molecular complexity index is 628. The lowest BCUT2D eigenvalue weighted by Gasteiger charge is -2.54. The Morgan fingerprint density at radius 1 is 1.25 bits per heavy atom. The second-order valence-corrected chi connectivity index (χ2v) is 6.45. The maximum absolute atomic E-state index is 11.6. The van der Waals surface area contributed by atoms with Crippen LogP contribution in [0.4, 0.5) is 0 Å². The molecule has 3 aliphatic rings. The van der Waals surface area contributed by atoms with Gasteiger partial charge in [-0.15, -0.1) is 0 Å². The molecule has 2 heteroatoms. The number of rotatable bonds is 1. The van der Waals surface area contributed by atoms with Crippen LogP contribution in [0.3, 0.4) is 0 Å². The number of allylic oxidation sites excluding steroid dienone is 1. The zero-order valence-corrected chi connectivity index (χ0v) is 11.7. The highest BCUT2D eigenvalue weighted by Gasteiger charge is 2.51. The van der Waals surface area contributed by atoms with E-state index in [1.54, 1.807) is 11.6 Å². The molecule has 2 aliphatic carbocycles. The van der Waals surface area contributed by atoms with E-state index in [1.807, 2.05) is 0 Å². The summed E-state index contributed by atoms with van der Waals surface area (Å²) < 4.78 is 0. The number of nitrogens with one attached hydrogen (secondary N) is 1. The van der Waals surface area contributed by atoms with Crippen molar-refractivity contribution in [3.05, 3.63) is 53.6 Å². The fourth-order valence-electron chi connectivity index (χ4n) is 4.08. The smallest absolute Gasteiger partial charge is 0.155 e. The molecule has 1 fully saturated rings. The molecule has 3 atom stereocenters. The van der Waals surface area contributed by atoms with Gasteiger partial charge in [0.05, 0.1) is 6.04 Å². The van der Waals surface area contributed by atoms with Gasteiger partial charge < -0.3 is 5.32 Å². The molecule has 0 spiro atoms. The largest absolute Gasteiger partial charge is 0.377 e. The van der Waals surface area contributed by atoms with Gasteiger partial charge >= 0.3 is 0 Å². The first-order valence-electron chi connectivity index (χ1n) is 7.45. The first-order chi connectivity index (χ1) is 9.68. The second kappa shape index (κ2) is 4.08. The van der Waals surface area contributed by atoms with E-state index < -0.39 is 0 Å². The molecule has 1 heterocycles. The first-order valence-corrected chi connectivity index (χ1v) is 7.45. The molecule has 0 amide bonds. The van der Waals surface area contributed by atoms with E-state index in [2.05, 4.69) is 48.6 Å². The normalized spacial score (nSPS) is 35.0.